The number of aromatic nitrogens is 1. The number of rotatable bonds is 2. The van der Waals surface area contributed by atoms with Crippen LogP contribution in [0.2, 0.25) is 0 Å². The van der Waals surface area contributed by atoms with Crippen LogP contribution in [0.15, 0.2) is 5.38 Å². The summed E-state index contributed by atoms with van der Waals surface area (Å²) < 4.78 is 0. The summed E-state index contributed by atoms with van der Waals surface area (Å²) in [5.41, 5.74) is 6.44. The van der Waals surface area contributed by atoms with Gasteiger partial charge in [0.25, 0.3) is 5.91 Å². The molecule has 2 heterocycles. The van der Waals surface area contributed by atoms with Gasteiger partial charge in [-0.15, -0.1) is 23.7 Å². The smallest absolute Gasteiger partial charge is 0.273 e. The van der Waals surface area contributed by atoms with Gasteiger partial charge in [0.15, 0.2) is 0 Å². The zero-order valence-corrected chi connectivity index (χ0v) is 14.7. The summed E-state index contributed by atoms with van der Waals surface area (Å²) in [6, 6.07) is 0. The van der Waals surface area contributed by atoms with Gasteiger partial charge >= 0.3 is 0 Å². The summed E-state index contributed by atoms with van der Waals surface area (Å²) in [7, 11) is 0. The Kier molecular flexibility index (Phi) is 6.63. The number of carbonyl (C=O) groups excluding carboxylic acids is 1. The molecule has 4 nitrogen and oxygen atoms in total. The quantitative estimate of drug-likeness (QED) is 0.904. The largest absolute Gasteiger partial charge is 0.337 e. The van der Waals surface area contributed by atoms with Crippen molar-refractivity contribution >= 4 is 29.7 Å². The molecule has 0 aromatic carbocycles. The highest BCUT2D eigenvalue weighted by Crippen LogP contribution is 2.34. The molecule has 1 aliphatic heterocycles. The molecule has 2 N–H and O–H groups in total. The number of hydrogen-bond acceptors (Lipinski definition) is 4. The molecular weight excluding hydrogens is 306 g/mol. The average molecular weight is 332 g/mol. The number of hydrogen-bond donors (Lipinski definition) is 1. The van der Waals surface area contributed by atoms with Crippen LogP contribution in [0.5, 0.6) is 0 Å². The third kappa shape index (κ3) is 4.66. The van der Waals surface area contributed by atoms with Crippen LogP contribution in [-0.2, 0) is 6.54 Å². The van der Waals surface area contributed by atoms with E-state index in [1.807, 2.05) is 10.3 Å². The van der Waals surface area contributed by atoms with Gasteiger partial charge < -0.3 is 10.6 Å². The van der Waals surface area contributed by atoms with Crippen molar-refractivity contribution in [2.45, 2.75) is 46.6 Å². The predicted molar refractivity (Wildman–Crippen MR) is 90.0 cm³/mol. The average Bonchev–Trinajstić information content (AvgIpc) is 2.72. The van der Waals surface area contributed by atoms with Gasteiger partial charge in [-0.05, 0) is 30.6 Å². The number of amides is 1. The summed E-state index contributed by atoms with van der Waals surface area (Å²) in [6.07, 6.45) is 3.38. The Balaban J connectivity index is 0.00000220. The number of nitrogens with zero attached hydrogens (tertiary/aromatic N) is 2. The van der Waals surface area contributed by atoms with E-state index in [4.69, 9.17) is 5.73 Å². The molecule has 1 fully saturated rings. The fourth-order valence-electron chi connectivity index (χ4n) is 2.83. The first-order valence-corrected chi connectivity index (χ1v) is 8.23. The maximum atomic E-state index is 12.5. The lowest BCUT2D eigenvalue weighted by molar-refractivity contribution is 0.0750. The van der Waals surface area contributed by atoms with Gasteiger partial charge in [-0.3, -0.25) is 4.79 Å². The predicted octanol–water partition coefficient (Wildman–Crippen LogP) is 3.31. The van der Waals surface area contributed by atoms with Gasteiger partial charge in [0.1, 0.15) is 10.7 Å². The molecule has 1 aromatic heterocycles. The highest BCUT2D eigenvalue weighted by atomic mass is 35.5. The molecular formula is C15H26ClN3OS. The molecule has 1 unspecified atom stereocenters. The zero-order chi connectivity index (χ0) is 14.8. The topological polar surface area (TPSA) is 59.2 Å². The van der Waals surface area contributed by atoms with E-state index in [0.717, 1.165) is 30.9 Å². The summed E-state index contributed by atoms with van der Waals surface area (Å²) in [5, 5.41) is 2.66. The van der Waals surface area contributed by atoms with E-state index in [0.29, 0.717) is 23.6 Å². The molecule has 0 saturated carbocycles. The Labute approximate surface area is 137 Å². The second kappa shape index (κ2) is 7.56. The lowest BCUT2D eigenvalue weighted by atomic mass is 9.77. The standard InChI is InChI=1S/C15H25N3OS.ClH/c1-15(2,3)11-5-4-7-18(8-6-11)14(19)12-10-20-13(9-16)17-12;/h10-11H,4-9,16H2,1-3H3;1H. The number of nitrogens with two attached hydrogens (primary N) is 1. The molecule has 1 aliphatic rings. The third-order valence-electron chi connectivity index (χ3n) is 4.19. The number of halogens is 1. The summed E-state index contributed by atoms with van der Waals surface area (Å²) >= 11 is 1.47. The van der Waals surface area contributed by atoms with Crippen LogP contribution in [0.1, 0.15) is 55.5 Å². The van der Waals surface area contributed by atoms with Crippen LogP contribution < -0.4 is 5.73 Å². The fraction of sp³-hybridized carbons (Fsp3) is 0.733. The molecule has 21 heavy (non-hydrogen) atoms. The van der Waals surface area contributed by atoms with Crippen LogP contribution in [0.25, 0.3) is 0 Å². The zero-order valence-electron chi connectivity index (χ0n) is 13.1. The molecule has 0 bridgehead atoms. The third-order valence-corrected chi connectivity index (χ3v) is 5.06. The number of likely N-dealkylation sites (tertiary alicyclic amines) is 1. The fourth-order valence-corrected chi connectivity index (χ4v) is 3.48. The van der Waals surface area contributed by atoms with Crippen LogP contribution in [0.3, 0.4) is 0 Å². The van der Waals surface area contributed by atoms with Gasteiger partial charge in [0.05, 0.1) is 0 Å². The summed E-state index contributed by atoms with van der Waals surface area (Å²) in [6.45, 7) is 8.98. The van der Waals surface area contributed by atoms with E-state index < -0.39 is 0 Å². The summed E-state index contributed by atoms with van der Waals surface area (Å²) in [4.78, 5) is 18.7. The highest BCUT2D eigenvalue weighted by Gasteiger charge is 2.29. The van der Waals surface area contributed by atoms with Gasteiger partial charge in [-0.25, -0.2) is 4.98 Å². The van der Waals surface area contributed by atoms with Gasteiger partial charge in [-0.2, -0.15) is 0 Å². The van der Waals surface area contributed by atoms with Crippen LogP contribution in [0.4, 0.5) is 0 Å². The Morgan fingerprint density at radius 1 is 1.43 bits per heavy atom. The van der Waals surface area contributed by atoms with E-state index in [-0.39, 0.29) is 18.3 Å². The summed E-state index contributed by atoms with van der Waals surface area (Å²) in [5.74, 6) is 0.755. The van der Waals surface area contributed by atoms with Crippen molar-refractivity contribution in [1.29, 1.82) is 0 Å². The minimum Gasteiger partial charge on any atom is -0.337 e. The second-order valence-electron chi connectivity index (χ2n) is 6.62. The van der Waals surface area contributed by atoms with Gasteiger partial charge in [0, 0.05) is 25.0 Å². The molecule has 0 spiro atoms. The van der Waals surface area contributed by atoms with Crippen molar-refractivity contribution in [1.82, 2.24) is 9.88 Å². The highest BCUT2D eigenvalue weighted by molar-refractivity contribution is 7.09. The minimum absolute atomic E-state index is 0. The molecule has 0 radical (unpaired) electrons. The van der Waals surface area contributed by atoms with Crippen LogP contribution in [-0.4, -0.2) is 28.9 Å². The SMILES string of the molecule is CC(C)(C)C1CCCN(C(=O)c2csc(CN)n2)CC1.Cl. The van der Waals surface area contributed by atoms with Crippen molar-refractivity contribution in [3.63, 3.8) is 0 Å². The van der Waals surface area contributed by atoms with E-state index >= 15 is 0 Å². The van der Waals surface area contributed by atoms with E-state index in [1.54, 1.807) is 0 Å². The molecule has 120 valence electrons. The number of carbonyl (C=O) groups is 1. The van der Waals surface area contributed by atoms with Crippen molar-refractivity contribution < 1.29 is 4.79 Å². The van der Waals surface area contributed by atoms with Gasteiger partial charge in [-0.1, -0.05) is 20.8 Å². The van der Waals surface area contributed by atoms with E-state index in [2.05, 4.69) is 25.8 Å². The molecule has 1 saturated heterocycles. The first-order chi connectivity index (χ1) is 9.41. The van der Waals surface area contributed by atoms with Gasteiger partial charge in [0.2, 0.25) is 0 Å². The molecule has 0 aliphatic carbocycles. The number of thiazole rings is 1. The lowest BCUT2D eigenvalue weighted by Crippen LogP contribution is -2.32. The second-order valence-corrected chi connectivity index (χ2v) is 7.56. The molecule has 1 atom stereocenters. The molecule has 1 amide bonds. The normalized spacial score (nSPS) is 19.8. The molecule has 2 rings (SSSR count). The Bertz CT molecular complexity index is 470. The molecule has 1 aromatic rings. The monoisotopic (exact) mass is 331 g/mol. The lowest BCUT2D eigenvalue weighted by Gasteiger charge is -2.29. The first kappa shape index (κ1) is 18.4. The van der Waals surface area contributed by atoms with E-state index in [1.165, 1.54) is 17.8 Å². The Morgan fingerprint density at radius 3 is 2.71 bits per heavy atom. The maximum absolute atomic E-state index is 12.5. The molecule has 6 heteroatoms. The van der Waals surface area contributed by atoms with Crippen molar-refractivity contribution in [2.24, 2.45) is 17.1 Å². The Hall–Kier alpha value is -0.650. The minimum atomic E-state index is 0. The van der Waals surface area contributed by atoms with Crippen LogP contribution >= 0.6 is 23.7 Å². The van der Waals surface area contributed by atoms with Crippen LogP contribution in [0, 0.1) is 11.3 Å². The first-order valence-electron chi connectivity index (χ1n) is 7.35. The van der Waals surface area contributed by atoms with E-state index in [9.17, 15) is 4.79 Å². The Morgan fingerprint density at radius 2 is 2.14 bits per heavy atom. The van der Waals surface area contributed by atoms with Crippen molar-refractivity contribution in [3.8, 4) is 0 Å². The van der Waals surface area contributed by atoms with Crippen molar-refractivity contribution in [3.05, 3.63) is 16.1 Å². The van der Waals surface area contributed by atoms with Crippen molar-refractivity contribution in [2.75, 3.05) is 13.1 Å². The maximum Gasteiger partial charge on any atom is 0.273 e.